The molecule has 1 heterocycles. The van der Waals surface area contributed by atoms with E-state index in [4.69, 9.17) is 4.42 Å². The number of aryl methyl sites for hydroxylation is 1. The average Bonchev–Trinajstić information content (AvgIpc) is 2.80. The van der Waals surface area contributed by atoms with E-state index in [0.717, 1.165) is 24.3 Å². The monoisotopic (exact) mass is 245 g/mol. The second-order valence-corrected chi connectivity index (χ2v) is 5.06. The third-order valence-corrected chi connectivity index (χ3v) is 3.70. The highest BCUT2D eigenvalue weighted by Gasteiger charge is 2.21. The Morgan fingerprint density at radius 2 is 2.06 bits per heavy atom. The van der Waals surface area contributed by atoms with Gasteiger partial charge in [0.15, 0.2) is 0 Å². The van der Waals surface area contributed by atoms with Crippen molar-refractivity contribution in [1.29, 1.82) is 0 Å². The van der Waals surface area contributed by atoms with Gasteiger partial charge < -0.3 is 9.73 Å². The standard InChI is InChI=1S/C16H23NO/c1-5-11(3)15(17-6-2)14-10-13-9-7-8-12(4)16(13)18-14/h7-11,15,17H,5-6H2,1-4H3. The summed E-state index contributed by atoms with van der Waals surface area (Å²) in [7, 11) is 0. The van der Waals surface area contributed by atoms with Crippen molar-refractivity contribution in [2.24, 2.45) is 5.92 Å². The molecule has 0 spiro atoms. The number of nitrogens with one attached hydrogen (secondary N) is 1. The third kappa shape index (κ3) is 2.44. The van der Waals surface area contributed by atoms with E-state index >= 15 is 0 Å². The minimum Gasteiger partial charge on any atom is -0.459 e. The van der Waals surface area contributed by atoms with Crippen LogP contribution in [0.2, 0.25) is 0 Å². The predicted octanol–water partition coefficient (Wildman–Crippen LogP) is 4.44. The summed E-state index contributed by atoms with van der Waals surface area (Å²) >= 11 is 0. The van der Waals surface area contributed by atoms with Gasteiger partial charge in [0.1, 0.15) is 11.3 Å². The van der Waals surface area contributed by atoms with Crippen molar-refractivity contribution in [1.82, 2.24) is 5.32 Å². The second-order valence-electron chi connectivity index (χ2n) is 5.06. The van der Waals surface area contributed by atoms with E-state index in [2.05, 4.69) is 57.3 Å². The Balaban J connectivity index is 2.41. The maximum atomic E-state index is 6.07. The van der Waals surface area contributed by atoms with Crippen molar-refractivity contribution in [3.05, 3.63) is 35.6 Å². The van der Waals surface area contributed by atoms with Crippen molar-refractivity contribution < 1.29 is 4.42 Å². The maximum Gasteiger partial charge on any atom is 0.137 e. The van der Waals surface area contributed by atoms with Crippen LogP contribution >= 0.6 is 0 Å². The largest absolute Gasteiger partial charge is 0.459 e. The Labute approximate surface area is 109 Å². The first kappa shape index (κ1) is 13.2. The van der Waals surface area contributed by atoms with Crippen molar-refractivity contribution in [3.8, 4) is 0 Å². The van der Waals surface area contributed by atoms with E-state index in [-0.39, 0.29) is 0 Å². The molecule has 0 saturated heterocycles. The molecule has 2 rings (SSSR count). The lowest BCUT2D eigenvalue weighted by Gasteiger charge is -2.21. The zero-order chi connectivity index (χ0) is 13.1. The minimum absolute atomic E-state index is 0.312. The van der Waals surface area contributed by atoms with Gasteiger partial charge in [0, 0.05) is 5.39 Å². The van der Waals surface area contributed by atoms with Crippen molar-refractivity contribution >= 4 is 11.0 Å². The van der Waals surface area contributed by atoms with Crippen LogP contribution in [0.5, 0.6) is 0 Å². The van der Waals surface area contributed by atoms with Crippen LogP contribution in [-0.2, 0) is 0 Å². The smallest absolute Gasteiger partial charge is 0.137 e. The number of fused-ring (bicyclic) bond motifs is 1. The summed E-state index contributed by atoms with van der Waals surface area (Å²) in [6.07, 6.45) is 1.15. The number of furan rings is 1. The van der Waals surface area contributed by atoms with Crippen LogP contribution in [-0.4, -0.2) is 6.54 Å². The number of hydrogen-bond donors (Lipinski definition) is 1. The van der Waals surface area contributed by atoms with E-state index in [0.29, 0.717) is 12.0 Å². The molecular formula is C16H23NO. The molecule has 2 heteroatoms. The zero-order valence-electron chi connectivity index (χ0n) is 11.8. The Bertz CT molecular complexity index is 515. The molecule has 2 nitrogen and oxygen atoms in total. The van der Waals surface area contributed by atoms with Gasteiger partial charge in [0.25, 0.3) is 0 Å². The molecule has 2 unspecified atom stereocenters. The highest BCUT2D eigenvalue weighted by atomic mass is 16.3. The van der Waals surface area contributed by atoms with E-state index in [9.17, 15) is 0 Å². The van der Waals surface area contributed by atoms with Crippen LogP contribution in [0.15, 0.2) is 28.7 Å². The fourth-order valence-electron chi connectivity index (χ4n) is 2.42. The van der Waals surface area contributed by atoms with Gasteiger partial charge in [-0.2, -0.15) is 0 Å². The van der Waals surface area contributed by atoms with Gasteiger partial charge in [0.05, 0.1) is 6.04 Å². The van der Waals surface area contributed by atoms with Gasteiger partial charge >= 0.3 is 0 Å². The molecule has 98 valence electrons. The summed E-state index contributed by atoms with van der Waals surface area (Å²) in [6, 6.07) is 8.80. The molecule has 0 saturated carbocycles. The van der Waals surface area contributed by atoms with E-state index in [1.807, 2.05) is 0 Å². The Morgan fingerprint density at radius 1 is 1.28 bits per heavy atom. The van der Waals surface area contributed by atoms with Gasteiger partial charge in [-0.05, 0) is 31.0 Å². The Hall–Kier alpha value is -1.28. The molecule has 1 N–H and O–H groups in total. The summed E-state index contributed by atoms with van der Waals surface area (Å²) in [4.78, 5) is 0. The normalized spacial score (nSPS) is 14.9. The van der Waals surface area contributed by atoms with E-state index in [1.54, 1.807) is 0 Å². The summed E-state index contributed by atoms with van der Waals surface area (Å²) in [5.74, 6) is 1.64. The number of benzene rings is 1. The molecule has 0 aliphatic heterocycles. The first-order valence-corrected chi connectivity index (χ1v) is 6.89. The fraction of sp³-hybridized carbons (Fsp3) is 0.500. The van der Waals surface area contributed by atoms with Gasteiger partial charge in [-0.3, -0.25) is 0 Å². The van der Waals surface area contributed by atoms with Gasteiger partial charge in [0.2, 0.25) is 0 Å². The van der Waals surface area contributed by atoms with Crippen molar-refractivity contribution in [2.45, 2.75) is 40.2 Å². The van der Waals surface area contributed by atoms with E-state index in [1.165, 1.54) is 10.9 Å². The van der Waals surface area contributed by atoms with Crippen LogP contribution in [0.1, 0.15) is 44.6 Å². The van der Waals surface area contributed by atoms with Crippen LogP contribution in [0.4, 0.5) is 0 Å². The van der Waals surface area contributed by atoms with Gasteiger partial charge in [-0.25, -0.2) is 0 Å². The Morgan fingerprint density at radius 3 is 2.67 bits per heavy atom. The maximum absolute atomic E-state index is 6.07. The summed E-state index contributed by atoms with van der Waals surface area (Å²) < 4.78 is 6.07. The molecular weight excluding hydrogens is 222 g/mol. The van der Waals surface area contributed by atoms with Crippen LogP contribution in [0.3, 0.4) is 0 Å². The quantitative estimate of drug-likeness (QED) is 0.842. The second kappa shape index (κ2) is 5.57. The highest BCUT2D eigenvalue weighted by Crippen LogP contribution is 2.30. The minimum atomic E-state index is 0.312. The van der Waals surface area contributed by atoms with Crippen LogP contribution in [0, 0.1) is 12.8 Å². The molecule has 0 radical (unpaired) electrons. The van der Waals surface area contributed by atoms with Crippen molar-refractivity contribution in [3.63, 3.8) is 0 Å². The molecule has 2 atom stereocenters. The molecule has 18 heavy (non-hydrogen) atoms. The number of rotatable bonds is 5. The lowest BCUT2D eigenvalue weighted by atomic mass is 9.97. The predicted molar refractivity (Wildman–Crippen MR) is 76.8 cm³/mol. The molecule has 0 bridgehead atoms. The lowest BCUT2D eigenvalue weighted by molar-refractivity contribution is 0.331. The number of para-hydroxylation sites is 1. The molecule has 0 aliphatic rings. The summed E-state index contributed by atoms with van der Waals surface area (Å²) in [5, 5.41) is 4.74. The SMILES string of the molecule is CCNC(c1cc2cccc(C)c2o1)C(C)CC. The molecule has 2 aromatic rings. The summed E-state index contributed by atoms with van der Waals surface area (Å²) in [6.45, 7) is 9.70. The molecule has 1 aromatic heterocycles. The first-order chi connectivity index (χ1) is 8.67. The summed E-state index contributed by atoms with van der Waals surface area (Å²) in [5.41, 5.74) is 2.23. The lowest BCUT2D eigenvalue weighted by Crippen LogP contribution is -2.26. The molecule has 1 aromatic carbocycles. The van der Waals surface area contributed by atoms with Crippen molar-refractivity contribution in [2.75, 3.05) is 6.54 Å². The topological polar surface area (TPSA) is 25.2 Å². The van der Waals surface area contributed by atoms with E-state index < -0.39 is 0 Å². The Kier molecular flexibility index (Phi) is 4.07. The zero-order valence-corrected chi connectivity index (χ0v) is 11.8. The van der Waals surface area contributed by atoms with Crippen LogP contribution < -0.4 is 5.32 Å². The van der Waals surface area contributed by atoms with Gasteiger partial charge in [-0.1, -0.05) is 45.4 Å². The number of hydrogen-bond acceptors (Lipinski definition) is 2. The molecule has 0 amide bonds. The average molecular weight is 245 g/mol. The highest BCUT2D eigenvalue weighted by molar-refractivity contribution is 5.81. The molecule has 0 fully saturated rings. The van der Waals surface area contributed by atoms with Crippen LogP contribution in [0.25, 0.3) is 11.0 Å². The molecule has 0 aliphatic carbocycles. The first-order valence-electron chi connectivity index (χ1n) is 6.89. The third-order valence-electron chi connectivity index (χ3n) is 3.70. The fourth-order valence-corrected chi connectivity index (χ4v) is 2.42. The van der Waals surface area contributed by atoms with Gasteiger partial charge in [-0.15, -0.1) is 0 Å².